The molecule has 25 heavy (non-hydrogen) atoms. The van der Waals surface area contributed by atoms with E-state index in [1.165, 1.54) is 24.3 Å². The number of rotatable bonds is 2. The topological polar surface area (TPSA) is 83.8 Å². The molecule has 3 N–H and O–H groups in total. The number of benzene rings is 3. The summed E-state index contributed by atoms with van der Waals surface area (Å²) >= 11 is -1.29. The summed E-state index contributed by atoms with van der Waals surface area (Å²) in [6.45, 7) is 3.78. The molecule has 0 aromatic heterocycles. The first-order chi connectivity index (χ1) is 11.9. The summed E-state index contributed by atoms with van der Waals surface area (Å²) in [7, 11) is 0. The summed E-state index contributed by atoms with van der Waals surface area (Å²) in [5.74, 6) is 0.704. The van der Waals surface area contributed by atoms with Gasteiger partial charge in [-0.1, -0.05) is 18.2 Å². The highest BCUT2D eigenvalue weighted by atomic mass is 32.2. The highest BCUT2D eigenvalue weighted by Gasteiger charge is 2.14. The third-order valence-electron chi connectivity index (χ3n) is 3.54. The zero-order valence-corrected chi connectivity index (χ0v) is 14.8. The van der Waals surface area contributed by atoms with Crippen LogP contribution in [0, 0.1) is 13.8 Å². The summed E-state index contributed by atoms with van der Waals surface area (Å²) in [4.78, 5) is 1.23. The van der Waals surface area contributed by atoms with Crippen LogP contribution < -0.4 is 0 Å². The van der Waals surface area contributed by atoms with Crippen LogP contribution in [-0.4, -0.2) is 19.9 Å². The van der Waals surface area contributed by atoms with Crippen LogP contribution in [0.2, 0.25) is 0 Å². The van der Waals surface area contributed by atoms with Crippen molar-refractivity contribution in [3.8, 4) is 17.2 Å². The van der Waals surface area contributed by atoms with Gasteiger partial charge >= 0.3 is 0 Å². The largest absolute Gasteiger partial charge is 0.606 e. The summed E-state index contributed by atoms with van der Waals surface area (Å²) in [5.41, 5.74) is 1.88. The SMILES string of the molecule is Cc1cccc(C)c1O.[O-][S+](c1ccc(O)cc1)c1ccc(O)cc1. The molecule has 0 bridgehead atoms. The van der Waals surface area contributed by atoms with Crippen molar-refractivity contribution in [2.45, 2.75) is 23.6 Å². The number of phenols is 3. The van der Waals surface area contributed by atoms with Crippen LogP contribution in [0.3, 0.4) is 0 Å². The van der Waals surface area contributed by atoms with Gasteiger partial charge in [0.15, 0.2) is 9.79 Å². The lowest BCUT2D eigenvalue weighted by Gasteiger charge is -2.09. The van der Waals surface area contributed by atoms with E-state index in [0.717, 1.165) is 11.1 Å². The van der Waals surface area contributed by atoms with E-state index in [1.54, 1.807) is 24.3 Å². The maximum absolute atomic E-state index is 12.0. The van der Waals surface area contributed by atoms with Gasteiger partial charge < -0.3 is 19.9 Å². The smallest absolute Gasteiger partial charge is 0.158 e. The van der Waals surface area contributed by atoms with E-state index in [0.29, 0.717) is 15.5 Å². The van der Waals surface area contributed by atoms with Gasteiger partial charge in [0, 0.05) is 11.2 Å². The molecule has 0 aliphatic rings. The van der Waals surface area contributed by atoms with Crippen molar-refractivity contribution >= 4 is 11.2 Å². The third kappa shape index (κ3) is 5.17. The number of phenolic OH excluding ortho intramolecular Hbond substituents is 3. The van der Waals surface area contributed by atoms with E-state index in [9.17, 15) is 9.66 Å². The van der Waals surface area contributed by atoms with Gasteiger partial charge in [0.2, 0.25) is 0 Å². The summed E-state index contributed by atoms with van der Waals surface area (Å²) in [5, 5.41) is 27.4. The molecular weight excluding hydrogens is 336 g/mol. The van der Waals surface area contributed by atoms with Crippen molar-refractivity contribution in [2.75, 3.05) is 0 Å². The molecule has 0 heterocycles. The molecule has 0 saturated carbocycles. The standard InChI is InChI=1S/C12H10O3S.C8H10O/c13-9-1-5-11(6-2-9)16(15)12-7-3-10(14)4-8-12;1-6-4-3-5-7(2)8(6)9/h1-8,13-14H;3-5,9H,1-2H3. The van der Waals surface area contributed by atoms with Crippen LogP contribution in [0.1, 0.15) is 11.1 Å². The Kier molecular flexibility index (Phi) is 6.33. The fourth-order valence-corrected chi connectivity index (χ4v) is 3.12. The average molecular weight is 356 g/mol. The Labute approximate surface area is 150 Å². The van der Waals surface area contributed by atoms with E-state index in [1.807, 2.05) is 32.0 Å². The minimum absolute atomic E-state index is 0.145. The summed E-state index contributed by atoms with van der Waals surface area (Å²) < 4.78 is 12.0. The van der Waals surface area contributed by atoms with Crippen LogP contribution in [0.5, 0.6) is 17.2 Å². The molecule has 3 aromatic rings. The van der Waals surface area contributed by atoms with Crippen molar-refractivity contribution < 1.29 is 19.9 Å². The Balaban J connectivity index is 0.000000212. The monoisotopic (exact) mass is 356 g/mol. The molecule has 5 heteroatoms. The Hall–Kier alpha value is -2.63. The van der Waals surface area contributed by atoms with Gasteiger partial charge in [0.25, 0.3) is 0 Å². The lowest BCUT2D eigenvalue weighted by Crippen LogP contribution is -2.01. The molecule has 0 saturated heterocycles. The van der Waals surface area contributed by atoms with E-state index < -0.39 is 11.2 Å². The predicted octanol–water partition coefficient (Wildman–Crippen LogP) is 4.27. The maximum Gasteiger partial charge on any atom is 0.158 e. The van der Waals surface area contributed by atoms with E-state index in [4.69, 9.17) is 10.2 Å². The minimum Gasteiger partial charge on any atom is -0.606 e. The molecule has 0 aliphatic heterocycles. The third-order valence-corrected chi connectivity index (χ3v) is 4.94. The van der Waals surface area contributed by atoms with Crippen LogP contribution in [0.4, 0.5) is 0 Å². The van der Waals surface area contributed by atoms with Crippen LogP contribution >= 0.6 is 0 Å². The fourth-order valence-electron chi connectivity index (χ4n) is 2.08. The first kappa shape index (κ1) is 18.7. The molecule has 3 aromatic carbocycles. The van der Waals surface area contributed by atoms with Crippen molar-refractivity contribution in [2.24, 2.45) is 0 Å². The molecule has 0 spiro atoms. The maximum atomic E-state index is 12.0. The van der Waals surface area contributed by atoms with Gasteiger partial charge in [0.05, 0.1) is 0 Å². The predicted molar refractivity (Wildman–Crippen MR) is 98.5 cm³/mol. The van der Waals surface area contributed by atoms with Gasteiger partial charge in [-0.25, -0.2) is 0 Å². The first-order valence-electron chi connectivity index (χ1n) is 7.63. The number of aromatic hydroxyl groups is 3. The van der Waals surface area contributed by atoms with E-state index in [-0.39, 0.29) is 11.5 Å². The molecule has 130 valence electrons. The molecular formula is C20H20O4S. The second-order valence-corrected chi connectivity index (χ2v) is 6.98. The number of hydrogen-bond donors (Lipinski definition) is 3. The number of para-hydroxylation sites is 1. The molecule has 0 fully saturated rings. The van der Waals surface area contributed by atoms with Gasteiger partial charge in [-0.2, -0.15) is 0 Å². The van der Waals surface area contributed by atoms with Crippen molar-refractivity contribution in [1.29, 1.82) is 0 Å². The highest BCUT2D eigenvalue weighted by molar-refractivity contribution is 7.91. The van der Waals surface area contributed by atoms with E-state index in [2.05, 4.69) is 0 Å². The zero-order chi connectivity index (χ0) is 18.4. The van der Waals surface area contributed by atoms with Gasteiger partial charge in [-0.05, 0) is 73.5 Å². The van der Waals surface area contributed by atoms with Gasteiger partial charge in [-0.3, -0.25) is 0 Å². The minimum atomic E-state index is -1.29. The molecule has 4 nitrogen and oxygen atoms in total. The second-order valence-electron chi connectivity index (χ2n) is 5.50. The van der Waals surface area contributed by atoms with Crippen LogP contribution in [-0.2, 0) is 11.2 Å². The molecule has 3 rings (SSSR count). The molecule has 0 aliphatic carbocycles. The molecule has 0 amide bonds. The van der Waals surface area contributed by atoms with Gasteiger partial charge in [0.1, 0.15) is 17.2 Å². The van der Waals surface area contributed by atoms with Gasteiger partial charge in [-0.15, -0.1) is 0 Å². The quantitative estimate of drug-likeness (QED) is 0.599. The second kappa shape index (κ2) is 8.46. The highest BCUT2D eigenvalue weighted by Crippen LogP contribution is 2.24. The Morgan fingerprint density at radius 3 is 1.32 bits per heavy atom. The number of aryl methyl sites for hydroxylation is 2. The van der Waals surface area contributed by atoms with Crippen LogP contribution in [0.25, 0.3) is 0 Å². The molecule has 0 radical (unpaired) electrons. The molecule has 0 atom stereocenters. The van der Waals surface area contributed by atoms with Crippen molar-refractivity contribution in [3.63, 3.8) is 0 Å². The Morgan fingerprint density at radius 1 is 0.640 bits per heavy atom. The lowest BCUT2D eigenvalue weighted by molar-refractivity contribution is 0.467. The Morgan fingerprint density at radius 2 is 1.00 bits per heavy atom. The Bertz CT molecular complexity index is 748. The zero-order valence-electron chi connectivity index (χ0n) is 14.0. The number of hydrogen-bond acceptors (Lipinski definition) is 4. The van der Waals surface area contributed by atoms with Crippen molar-refractivity contribution in [3.05, 3.63) is 77.9 Å². The fraction of sp³-hybridized carbons (Fsp3) is 0.100. The summed E-state index contributed by atoms with van der Waals surface area (Å²) in [6, 6.07) is 18.1. The average Bonchev–Trinajstić information content (AvgIpc) is 2.61. The first-order valence-corrected chi connectivity index (χ1v) is 8.78. The van der Waals surface area contributed by atoms with Crippen LogP contribution in [0.15, 0.2) is 76.5 Å². The van der Waals surface area contributed by atoms with E-state index >= 15 is 0 Å². The lowest BCUT2D eigenvalue weighted by atomic mass is 10.1. The molecule has 0 unspecified atom stereocenters. The van der Waals surface area contributed by atoms with Crippen molar-refractivity contribution in [1.82, 2.24) is 0 Å². The normalized spacial score (nSPS) is 10.2. The summed E-state index contributed by atoms with van der Waals surface area (Å²) in [6.07, 6.45) is 0.